The predicted molar refractivity (Wildman–Crippen MR) is 160 cm³/mol. The Hall–Kier alpha value is -4.93. The molecule has 1 aliphatic heterocycles. The standard InChI is InChI=1S/C33H33N3O7/c1-39-28-19-25(30-24(14-9-15-34-30)32-41-16-17-42-32)26(20-29(28)40-2)35-31(37)27(18-22-10-5-3-6-11-22)36-33(38)43-21-23-12-7-4-8-13-23/h3-15,19-20,27,32H,16-18,21H2,1-2H3,(H,35,37)(H,36,38)/t27-/m0/s1. The minimum Gasteiger partial charge on any atom is -0.493 e. The summed E-state index contributed by atoms with van der Waals surface area (Å²) in [6.07, 6.45) is 0.564. The molecule has 1 atom stereocenters. The van der Waals surface area contributed by atoms with Gasteiger partial charge in [-0.25, -0.2) is 4.79 Å². The van der Waals surface area contributed by atoms with Crippen LogP contribution in [0.5, 0.6) is 11.5 Å². The molecule has 0 aliphatic carbocycles. The molecular formula is C33H33N3O7. The summed E-state index contributed by atoms with van der Waals surface area (Å²) in [5.74, 6) is 0.394. The van der Waals surface area contributed by atoms with Crippen LogP contribution in [-0.2, 0) is 32.0 Å². The largest absolute Gasteiger partial charge is 0.493 e. The minimum absolute atomic E-state index is 0.0694. The smallest absolute Gasteiger partial charge is 0.408 e. The summed E-state index contributed by atoms with van der Waals surface area (Å²) in [6, 6.07) is 24.8. The van der Waals surface area contributed by atoms with Crippen molar-refractivity contribution in [3.05, 3.63) is 108 Å². The number of ether oxygens (including phenoxy) is 5. The molecule has 1 saturated heterocycles. The highest BCUT2D eigenvalue weighted by molar-refractivity contribution is 6.00. The number of benzene rings is 3. The minimum atomic E-state index is -0.962. The number of hydrogen-bond acceptors (Lipinski definition) is 8. The van der Waals surface area contributed by atoms with Gasteiger partial charge >= 0.3 is 6.09 Å². The normalized spacial score (nSPS) is 13.6. The fourth-order valence-corrected chi connectivity index (χ4v) is 4.74. The number of hydrogen-bond donors (Lipinski definition) is 2. The van der Waals surface area contributed by atoms with Crippen LogP contribution < -0.4 is 20.1 Å². The van der Waals surface area contributed by atoms with E-state index >= 15 is 0 Å². The monoisotopic (exact) mass is 583 g/mol. The van der Waals surface area contributed by atoms with Gasteiger partial charge in [0.1, 0.15) is 12.6 Å². The highest BCUT2D eigenvalue weighted by Crippen LogP contribution is 2.41. The van der Waals surface area contributed by atoms with Crippen LogP contribution in [0.25, 0.3) is 11.3 Å². The first-order chi connectivity index (χ1) is 21.1. The van der Waals surface area contributed by atoms with Gasteiger partial charge in [0.25, 0.3) is 0 Å². The van der Waals surface area contributed by atoms with Crippen molar-refractivity contribution in [1.29, 1.82) is 0 Å². The van der Waals surface area contributed by atoms with E-state index in [0.717, 1.165) is 11.1 Å². The molecule has 5 rings (SSSR count). The van der Waals surface area contributed by atoms with Crippen LogP contribution >= 0.6 is 0 Å². The quantitative estimate of drug-likeness (QED) is 0.245. The van der Waals surface area contributed by atoms with E-state index in [2.05, 4.69) is 15.6 Å². The molecule has 4 aromatic rings. The van der Waals surface area contributed by atoms with E-state index < -0.39 is 24.3 Å². The molecule has 222 valence electrons. The Morgan fingerprint density at radius 3 is 2.21 bits per heavy atom. The molecule has 10 heteroatoms. The average molecular weight is 584 g/mol. The van der Waals surface area contributed by atoms with Crippen molar-refractivity contribution in [3.8, 4) is 22.8 Å². The lowest BCUT2D eigenvalue weighted by Gasteiger charge is -2.22. The number of carbonyl (C=O) groups is 2. The maximum absolute atomic E-state index is 13.9. The molecule has 0 spiro atoms. The van der Waals surface area contributed by atoms with Crippen molar-refractivity contribution >= 4 is 17.7 Å². The Morgan fingerprint density at radius 2 is 1.53 bits per heavy atom. The fourth-order valence-electron chi connectivity index (χ4n) is 4.74. The van der Waals surface area contributed by atoms with Gasteiger partial charge in [-0.15, -0.1) is 0 Å². The van der Waals surface area contributed by atoms with Gasteiger partial charge in [-0.2, -0.15) is 0 Å². The second-order valence-electron chi connectivity index (χ2n) is 9.71. The van der Waals surface area contributed by atoms with E-state index in [-0.39, 0.29) is 13.0 Å². The molecule has 1 aromatic heterocycles. The number of aromatic nitrogens is 1. The van der Waals surface area contributed by atoms with Gasteiger partial charge in [-0.3, -0.25) is 9.78 Å². The third-order valence-corrected chi connectivity index (χ3v) is 6.86. The maximum atomic E-state index is 13.9. The van der Waals surface area contributed by atoms with Gasteiger partial charge in [0.05, 0.1) is 38.8 Å². The third-order valence-electron chi connectivity index (χ3n) is 6.86. The van der Waals surface area contributed by atoms with E-state index in [1.54, 1.807) is 24.4 Å². The van der Waals surface area contributed by atoms with Crippen molar-refractivity contribution in [1.82, 2.24) is 10.3 Å². The number of nitrogens with zero attached hydrogens (tertiary/aromatic N) is 1. The van der Waals surface area contributed by atoms with E-state index in [1.807, 2.05) is 66.7 Å². The summed E-state index contributed by atoms with van der Waals surface area (Å²) < 4.78 is 28.0. The zero-order chi connectivity index (χ0) is 30.0. The van der Waals surface area contributed by atoms with Crippen LogP contribution in [-0.4, -0.2) is 50.5 Å². The number of methoxy groups -OCH3 is 2. The van der Waals surface area contributed by atoms with E-state index in [0.29, 0.717) is 47.2 Å². The summed E-state index contributed by atoms with van der Waals surface area (Å²) in [4.78, 5) is 31.3. The van der Waals surface area contributed by atoms with Crippen LogP contribution in [0.15, 0.2) is 91.1 Å². The van der Waals surface area contributed by atoms with Crippen LogP contribution in [0.3, 0.4) is 0 Å². The second kappa shape index (κ2) is 14.3. The molecule has 0 saturated carbocycles. The van der Waals surface area contributed by atoms with Gasteiger partial charge in [0.15, 0.2) is 17.8 Å². The zero-order valence-corrected chi connectivity index (χ0v) is 23.9. The number of alkyl carbamates (subject to hydrolysis) is 1. The Kier molecular flexibility index (Phi) is 9.83. The third kappa shape index (κ3) is 7.48. The van der Waals surface area contributed by atoms with E-state index in [4.69, 9.17) is 23.7 Å². The highest BCUT2D eigenvalue weighted by Gasteiger charge is 2.27. The van der Waals surface area contributed by atoms with Crippen molar-refractivity contribution in [2.24, 2.45) is 0 Å². The highest BCUT2D eigenvalue weighted by atomic mass is 16.7. The molecule has 1 fully saturated rings. The van der Waals surface area contributed by atoms with Crippen LogP contribution in [0.1, 0.15) is 23.0 Å². The Bertz CT molecular complexity index is 1530. The summed E-state index contributed by atoms with van der Waals surface area (Å²) in [7, 11) is 3.04. The van der Waals surface area contributed by atoms with Crippen molar-refractivity contribution < 1.29 is 33.3 Å². The number of carbonyl (C=O) groups excluding carboxylic acids is 2. The first kappa shape index (κ1) is 29.6. The number of nitrogens with one attached hydrogen (secondary N) is 2. The molecule has 10 nitrogen and oxygen atoms in total. The fraction of sp³-hybridized carbons (Fsp3) is 0.242. The number of pyridine rings is 1. The summed E-state index contributed by atoms with van der Waals surface area (Å²) in [5.41, 5.74) is 3.90. The Balaban J connectivity index is 1.45. The SMILES string of the molecule is COc1cc(NC(=O)[C@H](Cc2ccccc2)NC(=O)OCc2ccccc2)c(-c2ncccc2C2OCCO2)cc1OC. The summed E-state index contributed by atoms with van der Waals surface area (Å²) in [5, 5.41) is 5.72. The zero-order valence-electron chi connectivity index (χ0n) is 23.9. The van der Waals surface area contributed by atoms with Crippen LogP contribution in [0.2, 0.25) is 0 Å². The van der Waals surface area contributed by atoms with E-state index in [9.17, 15) is 9.59 Å². The molecule has 3 aromatic carbocycles. The predicted octanol–water partition coefficient (Wildman–Crippen LogP) is 5.29. The summed E-state index contributed by atoms with van der Waals surface area (Å²) in [6.45, 7) is 0.989. The molecule has 0 bridgehead atoms. The molecule has 0 unspecified atom stereocenters. The van der Waals surface area contributed by atoms with E-state index in [1.165, 1.54) is 14.2 Å². The van der Waals surface area contributed by atoms with Crippen molar-refractivity contribution in [3.63, 3.8) is 0 Å². The molecule has 1 aliphatic rings. The van der Waals surface area contributed by atoms with Crippen molar-refractivity contribution in [2.45, 2.75) is 25.4 Å². The molecule has 2 heterocycles. The lowest BCUT2D eigenvalue weighted by atomic mass is 10.0. The Labute approximate surface area is 249 Å². The number of amides is 2. The second-order valence-corrected chi connectivity index (χ2v) is 9.71. The topological polar surface area (TPSA) is 117 Å². The van der Waals surface area contributed by atoms with Crippen molar-refractivity contribution in [2.75, 3.05) is 32.8 Å². The van der Waals surface area contributed by atoms with Gasteiger partial charge in [-0.1, -0.05) is 66.7 Å². The number of anilines is 1. The molecule has 43 heavy (non-hydrogen) atoms. The van der Waals surface area contributed by atoms with Crippen LogP contribution in [0.4, 0.5) is 10.5 Å². The van der Waals surface area contributed by atoms with Crippen LogP contribution in [0, 0.1) is 0 Å². The summed E-state index contributed by atoms with van der Waals surface area (Å²) >= 11 is 0. The molecular weight excluding hydrogens is 550 g/mol. The maximum Gasteiger partial charge on any atom is 0.408 e. The first-order valence-electron chi connectivity index (χ1n) is 13.8. The molecule has 2 N–H and O–H groups in total. The molecule has 2 amide bonds. The van der Waals surface area contributed by atoms with Gasteiger partial charge < -0.3 is 34.3 Å². The Morgan fingerprint density at radius 1 is 0.884 bits per heavy atom. The lowest BCUT2D eigenvalue weighted by Crippen LogP contribution is -2.45. The van der Waals surface area contributed by atoms with Gasteiger partial charge in [0.2, 0.25) is 5.91 Å². The molecule has 0 radical (unpaired) electrons. The number of rotatable bonds is 11. The lowest BCUT2D eigenvalue weighted by molar-refractivity contribution is -0.118. The first-order valence-corrected chi connectivity index (χ1v) is 13.8. The van der Waals surface area contributed by atoms with Gasteiger partial charge in [-0.05, 0) is 23.3 Å². The average Bonchev–Trinajstić information content (AvgIpc) is 3.59. The van der Waals surface area contributed by atoms with Gasteiger partial charge in [0, 0.05) is 29.8 Å².